The average Bonchev–Trinajstić information content (AvgIpc) is 2.43. The molecule has 0 aliphatic heterocycles. The lowest BCUT2D eigenvalue weighted by Gasteiger charge is -2.11. The third kappa shape index (κ3) is 2.86. The maximum Gasteiger partial charge on any atom is 0.339 e. The Morgan fingerprint density at radius 1 is 1.26 bits per heavy atom. The van der Waals surface area contributed by atoms with Gasteiger partial charge in [-0.15, -0.1) is 12.3 Å². The Bertz CT molecular complexity index is 638. The Balaban J connectivity index is 2.39. The zero-order valence-corrected chi connectivity index (χ0v) is 10.4. The SMILES string of the molecule is C#CCCCOc1c(C(=O)O)ccc2ccccc12. The van der Waals surface area contributed by atoms with Crippen LogP contribution < -0.4 is 4.74 Å². The summed E-state index contributed by atoms with van der Waals surface area (Å²) in [4.78, 5) is 11.2. The molecule has 0 atom stereocenters. The van der Waals surface area contributed by atoms with Crippen molar-refractivity contribution in [1.29, 1.82) is 0 Å². The van der Waals surface area contributed by atoms with Gasteiger partial charge in [0.2, 0.25) is 0 Å². The predicted molar refractivity (Wildman–Crippen MR) is 74.5 cm³/mol. The molecular weight excluding hydrogens is 240 g/mol. The zero-order chi connectivity index (χ0) is 13.7. The van der Waals surface area contributed by atoms with E-state index < -0.39 is 5.97 Å². The van der Waals surface area contributed by atoms with Crippen LogP contribution in [-0.4, -0.2) is 17.7 Å². The normalized spacial score (nSPS) is 10.1. The molecular formula is C16H14O3. The Morgan fingerprint density at radius 2 is 2.05 bits per heavy atom. The monoisotopic (exact) mass is 254 g/mol. The highest BCUT2D eigenvalue weighted by atomic mass is 16.5. The molecule has 1 N–H and O–H groups in total. The molecule has 0 aliphatic rings. The maximum absolute atomic E-state index is 11.2. The van der Waals surface area contributed by atoms with E-state index in [9.17, 15) is 9.90 Å². The van der Waals surface area contributed by atoms with Gasteiger partial charge in [-0.2, -0.15) is 0 Å². The summed E-state index contributed by atoms with van der Waals surface area (Å²) < 4.78 is 5.64. The highest BCUT2D eigenvalue weighted by Crippen LogP contribution is 2.30. The number of benzene rings is 2. The molecule has 0 radical (unpaired) electrons. The molecule has 96 valence electrons. The lowest BCUT2D eigenvalue weighted by molar-refractivity contribution is 0.0692. The number of carbonyl (C=O) groups is 1. The minimum atomic E-state index is -0.988. The highest BCUT2D eigenvalue weighted by molar-refractivity contribution is 6.00. The zero-order valence-electron chi connectivity index (χ0n) is 10.4. The summed E-state index contributed by atoms with van der Waals surface area (Å²) in [6.07, 6.45) is 6.50. The molecule has 0 amide bonds. The third-order valence-corrected chi connectivity index (χ3v) is 2.82. The molecule has 3 heteroatoms. The number of hydrogen-bond donors (Lipinski definition) is 1. The third-order valence-electron chi connectivity index (χ3n) is 2.82. The predicted octanol–water partition coefficient (Wildman–Crippen LogP) is 3.33. The van der Waals surface area contributed by atoms with E-state index >= 15 is 0 Å². The fourth-order valence-corrected chi connectivity index (χ4v) is 1.92. The van der Waals surface area contributed by atoms with Crippen molar-refractivity contribution < 1.29 is 14.6 Å². The number of carboxylic acids is 1. The van der Waals surface area contributed by atoms with Crippen molar-refractivity contribution in [3.05, 3.63) is 42.0 Å². The van der Waals surface area contributed by atoms with E-state index in [1.807, 2.05) is 24.3 Å². The van der Waals surface area contributed by atoms with E-state index in [-0.39, 0.29) is 5.56 Å². The largest absolute Gasteiger partial charge is 0.492 e. The number of carboxylic acid groups (broad SMARTS) is 1. The van der Waals surface area contributed by atoms with Crippen LogP contribution in [0.1, 0.15) is 23.2 Å². The molecule has 0 saturated carbocycles. The van der Waals surface area contributed by atoms with Crippen LogP contribution in [0.25, 0.3) is 10.8 Å². The molecule has 0 heterocycles. The van der Waals surface area contributed by atoms with Crippen LogP contribution in [0.5, 0.6) is 5.75 Å². The van der Waals surface area contributed by atoms with Crippen molar-refractivity contribution >= 4 is 16.7 Å². The van der Waals surface area contributed by atoms with E-state index in [0.29, 0.717) is 25.2 Å². The van der Waals surface area contributed by atoms with E-state index in [2.05, 4.69) is 5.92 Å². The first kappa shape index (κ1) is 13.0. The number of rotatable bonds is 5. The molecule has 0 unspecified atom stereocenters. The van der Waals surface area contributed by atoms with Gasteiger partial charge in [-0.3, -0.25) is 0 Å². The molecule has 2 aromatic carbocycles. The van der Waals surface area contributed by atoms with Gasteiger partial charge in [-0.25, -0.2) is 4.79 Å². The molecule has 0 spiro atoms. The van der Waals surface area contributed by atoms with E-state index in [0.717, 1.165) is 10.8 Å². The summed E-state index contributed by atoms with van der Waals surface area (Å²) in [5.41, 5.74) is 0.180. The molecule has 0 bridgehead atoms. The number of aromatic carboxylic acids is 1. The number of hydrogen-bond acceptors (Lipinski definition) is 2. The first-order valence-electron chi connectivity index (χ1n) is 6.05. The second-order valence-corrected chi connectivity index (χ2v) is 4.12. The van der Waals surface area contributed by atoms with Gasteiger partial charge in [0, 0.05) is 11.8 Å². The van der Waals surface area contributed by atoms with Gasteiger partial charge in [0.25, 0.3) is 0 Å². The van der Waals surface area contributed by atoms with Crippen molar-refractivity contribution in [2.75, 3.05) is 6.61 Å². The highest BCUT2D eigenvalue weighted by Gasteiger charge is 2.14. The number of ether oxygens (including phenoxy) is 1. The standard InChI is InChI=1S/C16H14O3/c1-2-3-6-11-19-15-13-8-5-4-7-12(13)9-10-14(15)16(17)18/h1,4-5,7-10H,3,6,11H2,(H,17,18). The van der Waals surface area contributed by atoms with Crippen LogP contribution in [0, 0.1) is 12.3 Å². The van der Waals surface area contributed by atoms with Crippen LogP contribution >= 0.6 is 0 Å². The van der Waals surface area contributed by atoms with Gasteiger partial charge in [-0.05, 0) is 17.9 Å². The number of terminal acetylenes is 1. The number of unbranched alkanes of at least 4 members (excludes halogenated alkanes) is 1. The van der Waals surface area contributed by atoms with Crippen LogP contribution in [0.4, 0.5) is 0 Å². The van der Waals surface area contributed by atoms with Crippen LogP contribution in [-0.2, 0) is 0 Å². The van der Waals surface area contributed by atoms with Gasteiger partial charge in [0.15, 0.2) is 0 Å². The second kappa shape index (κ2) is 5.92. The first-order chi connectivity index (χ1) is 9.24. The van der Waals surface area contributed by atoms with Crippen LogP contribution in [0.15, 0.2) is 36.4 Å². The summed E-state index contributed by atoms with van der Waals surface area (Å²) in [6, 6.07) is 10.9. The summed E-state index contributed by atoms with van der Waals surface area (Å²) in [5, 5.41) is 11.0. The lowest BCUT2D eigenvalue weighted by atomic mass is 10.1. The summed E-state index contributed by atoms with van der Waals surface area (Å²) >= 11 is 0. The topological polar surface area (TPSA) is 46.5 Å². The lowest BCUT2D eigenvalue weighted by Crippen LogP contribution is -2.05. The molecule has 2 aromatic rings. The van der Waals surface area contributed by atoms with Gasteiger partial charge in [-0.1, -0.05) is 30.3 Å². The minimum absolute atomic E-state index is 0.180. The molecule has 2 rings (SSSR count). The summed E-state index contributed by atoms with van der Waals surface area (Å²) in [7, 11) is 0. The fourth-order valence-electron chi connectivity index (χ4n) is 1.92. The van der Waals surface area contributed by atoms with Crippen molar-refractivity contribution in [1.82, 2.24) is 0 Å². The second-order valence-electron chi connectivity index (χ2n) is 4.12. The molecule has 0 fully saturated rings. The van der Waals surface area contributed by atoms with Gasteiger partial charge < -0.3 is 9.84 Å². The van der Waals surface area contributed by atoms with E-state index in [1.54, 1.807) is 12.1 Å². The Hall–Kier alpha value is -2.47. The Kier molecular flexibility index (Phi) is 4.04. The number of fused-ring (bicyclic) bond motifs is 1. The molecule has 0 aromatic heterocycles. The van der Waals surface area contributed by atoms with Gasteiger partial charge in [0.1, 0.15) is 11.3 Å². The van der Waals surface area contributed by atoms with E-state index in [4.69, 9.17) is 11.2 Å². The Labute approximate surface area is 111 Å². The quantitative estimate of drug-likeness (QED) is 0.657. The van der Waals surface area contributed by atoms with Gasteiger partial charge in [0.05, 0.1) is 6.61 Å². The van der Waals surface area contributed by atoms with E-state index in [1.165, 1.54) is 0 Å². The first-order valence-corrected chi connectivity index (χ1v) is 6.05. The van der Waals surface area contributed by atoms with Gasteiger partial charge >= 0.3 is 5.97 Å². The van der Waals surface area contributed by atoms with Crippen molar-refractivity contribution in [2.24, 2.45) is 0 Å². The molecule has 19 heavy (non-hydrogen) atoms. The fraction of sp³-hybridized carbons (Fsp3) is 0.188. The molecule has 0 saturated heterocycles. The molecule has 0 aliphatic carbocycles. The Morgan fingerprint density at radius 3 is 2.79 bits per heavy atom. The molecule has 3 nitrogen and oxygen atoms in total. The van der Waals surface area contributed by atoms with Crippen LogP contribution in [0.3, 0.4) is 0 Å². The summed E-state index contributed by atoms with van der Waals surface area (Å²) in [6.45, 7) is 0.415. The van der Waals surface area contributed by atoms with Crippen LogP contribution in [0.2, 0.25) is 0 Å². The van der Waals surface area contributed by atoms with Crippen molar-refractivity contribution in [3.8, 4) is 18.1 Å². The smallest absolute Gasteiger partial charge is 0.339 e. The summed E-state index contributed by atoms with van der Waals surface area (Å²) in [5.74, 6) is 1.96. The van der Waals surface area contributed by atoms with Crippen molar-refractivity contribution in [2.45, 2.75) is 12.8 Å². The average molecular weight is 254 g/mol. The minimum Gasteiger partial charge on any atom is -0.492 e. The maximum atomic E-state index is 11.2. The van der Waals surface area contributed by atoms with Crippen molar-refractivity contribution in [3.63, 3.8) is 0 Å².